The van der Waals surface area contributed by atoms with Crippen LogP contribution in [0.25, 0.3) is 6.08 Å². The van der Waals surface area contributed by atoms with E-state index in [0.717, 1.165) is 4.88 Å². The van der Waals surface area contributed by atoms with Crippen LogP contribution in [0.3, 0.4) is 0 Å². The molecule has 1 N–H and O–H groups in total. The van der Waals surface area contributed by atoms with Gasteiger partial charge in [0.1, 0.15) is 13.2 Å². The zero-order valence-corrected chi connectivity index (χ0v) is 15.5. The second-order valence-electron chi connectivity index (χ2n) is 5.54. The molecule has 0 saturated carbocycles. The third kappa shape index (κ3) is 5.24. The number of fused-ring (bicyclic) bond motifs is 1. The quantitative estimate of drug-likeness (QED) is 0.578. The van der Waals surface area contributed by atoms with Gasteiger partial charge in [-0.25, -0.2) is 4.79 Å². The molecule has 1 aromatic heterocycles. The van der Waals surface area contributed by atoms with Crippen LogP contribution < -0.4 is 19.5 Å². The van der Waals surface area contributed by atoms with Gasteiger partial charge in [0.15, 0.2) is 18.1 Å². The van der Waals surface area contributed by atoms with Crippen LogP contribution in [0, 0.1) is 0 Å². The minimum Gasteiger partial charge on any atom is -0.493 e. The fourth-order valence-electron chi connectivity index (χ4n) is 2.39. The van der Waals surface area contributed by atoms with E-state index in [1.807, 2.05) is 17.5 Å². The van der Waals surface area contributed by atoms with E-state index < -0.39 is 5.97 Å². The van der Waals surface area contributed by atoms with Crippen LogP contribution in [0.1, 0.15) is 10.4 Å². The lowest BCUT2D eigenvalue weighted by molar-refractivity contribution is -0.143. The van der Waals surface area contributed by atoms with E-state index in [2.05, 4.69) is 5.32 Å². The fraction of sp³-hybridized carbons (Fsp3) is 0.263. The molecule has 0 atom stereocenters. The standard InChI is InChI=1S/C19H19NO6S/c1-23-15-9-13(10-16-19(15)25-7-6-24-16)4-5-18(22)26-12-17(21)20-11-14-3-2-8-27-14/h2-5,8-10H,6-7,11-12H2,1H3,(H,20,21)/b5-4+. The molecule has 0 saturated heterocycles. The molecule has 1 aliphatic heterocycles. The van der Waals surface area contributed by atoms with Crippen LogP contribution in [0.15, 0.2) is 35.7 Å². The lowest BCUT2D eigenvalue weighted by atomic mass is 10.1. The maximum absolute atomic E-state index is 11.8. The molecule has 27 heavy (non-hydrogen) atoms. The lowest BCUT2D eigenvalue weighted by Crippen LogP contribution is -2.27. The number of ether oxygens (including phenoxy) is 4. The van der Waals surface area contributed by atoms with Crippen LogP contribution in [0.2, 0.25) is 0 Å². The van der Waals surface area contributed by atoms with Crippen molar-refractivity contribution >= 4 is 29.3 Å². The highest BCUT2D eigenvalue weighted by molar-refractivity contribution is 7.09. The zero-order chi connectivity index (χ0) is 19.1. The number of benzene rings is 1. The van der Waals surface area contributed by atoms with Crippen molar-refractivity contribution < 1.29 is 28.5 Å². The lowest BCUT2D eigenvalue weighted by Gasteiger charge is -2.20. The first-order valence-electron chi connectivity index (χ1n) is 8.27. The predicted octanol–water partition coefficient (Wildman–Crippen LogP) is 2.40. The minimum atomic E-state index is -0.616. The topological polar surface area (TPSA) is 83.1 Å². The number of hydrogen-bond donors (Lipinski definition) is 1. The fourth-order valence-corrected chi connectivity index (χ4v) is 3.03. The third-order valence-electron chi connectivity index (χ3n) is 3.65. The molecule has 0 fully saturated rings. The van der Waals surface area contributed by atoms with Crippen molar-refractivity contribution in [3.63, 3.8) is 0 Å². The SMILES string of the molecule is COc1cc(/C=C/C(=O)OCC(=O)NCc2cccs2)cc2c1OCCO2. The highest BCUT2D eigenvalue weighted by atomic mass is 32.1. The maximum atomic E-state index is 11.8. The molecule has 0 spiro atoms. The van der Waals surface area contributed by atoms with Gasteiger partial charge in [-0.05, 0) is 35.2 Å². The van der Waals surface area contributed by atoms with Crippen molar-refractivity contribution in [2.24, 2.45) is 0 Å². The summed E-state index contributed by atoms with van der Waals surface area (Å²) >= 11 is 1.54. The van der Waals surface area contributed by atoms with Gasteiger partial charge in [-0.15, -0.1) is 11.3 Å². The molecule has 7 nitrogen and oxygen atoms in total. The van der Waals surface area contributed by atoms with E-state index in [1.165, 1.54) is 13.2 Å². The number of carbonyl (C=O) groups is 2. The molecule has 1 aromatic carbocycles. The molecular weight excluding hydrogens is 370 g/mol. The number of hydrogen-bond acceptors (Lipinski definition) is 7. The average Bonchev–Trinajstić information content (AvgIpc) is 3.22. The van der Waals surface area contributed by atoms with Gasteiger partial charge in [0.25, 0.3) is 5.91 Å². The zero-order valence-electron chi connectivity index (χ0n) is 14.7. The molecular formula is C19H19NO6S. The Morgan fingerprint density at radius 2 is 2.15 bits per heavy atom. The molecule has 8 heteroatoms. The van der Waals surface area contributed by atoms with Crippen LogP contribution in [-0.2, 0) is 20.9 Å². The third-order valence-corrected chi connectivity index (χ3v) is 4.52. The van der Waals surface area contributed by atoms with Gasteiger partial charge in [-0.3, -0.25) is 4.79 Å². The van der Waals surface area contributed by atoms with Crippen molar-refractivity contribution in [1.29, 1.82) is 0 Å². The molecule has 142 valence electrons. The Morgan fingerprint density at radius 3 is 2.93 bits per heavy atom. The van der Waals surface area contributed by atoms with E-state index in [1.54, 1.807) is 29.5 Å². The van der Waals surface area contributed by atoms with Crippen molar-refractivity contribution in [3.05, 3.63) is 46.2 Å². The summed E-state index contributed by atoms with van der Waals surface area (Å²) in [5.74, 6) is 0.655. The Hall–Kier alpha value is -3.00. The van der Waals surface area contributed by atoms with Gasteiger partial charge in [0.2, 0.25) is 5.75 Å². The van der Waals surface area contributed by atoms with Gasteiger partial charge in [0.05, 0.1) is 13.7 Å². The van der Waals surface area contributed by atoms with Gasteiger partial charge < -0.3 is 24.3 Å². The first-order chi connectivity index (χ1) is 13.2. The summed E-state index contributed by atoms with van der Waals surface area (Å²) < 4.78 is 21.3. The molecule has 3 rings (SSSR count). The van der Waals surface area contributed by atoms with Crippen molar-refractivity contribution in [2.45, 2.75) is 6.54 Å². The summed E-state index contributed by atoms with van der Waals surface area (Å²) in [6, 6.07) is 7.30. The van der Waals surface area contributed by atoms with Gasteiger partial charge >= 0.3 is 5.97 Å². The first kappa shape index (κ1) is 18.8. The smallest absolute Gasteiger partial charge is 0.331 e. The Morgan fingerprint density at radius 1 is 1.30 bits per heavy atom. The highest BCUT2D eigenvalue weighted by Gasteiger charge is 2.17. The minimum absolute atomic E-state index is 0.334. The Balaban J connectivity index is 1.51. The van der Waals surface area contributed by atoms with Crippen LogP contribution in [0.5, 0.6) is 17.2 Å². The number of thiophene rings is 1. The molecule has 0 bridgehead atoms. The Labute approximate surface area is 160 Å². The normalized spacial score (nSPS) is 12.6. The molecule has 0 aliphatic carbocycles. The highest BCUT2D eigenvalue weighted by Crippen LogP contribution is 2.40. The Bertz CT molecular complexity index is 814. The first-order valence-corrected chi connectivity index (χ1v) is 9.15. The number of methoxy groups -OCH3 is 1. The number of rotatable bonds is 7. The average molecular weight is 389 g/mol. The molecule has 1 aliphatic rings. The summed E-state index contributed by atoms with van der Waals surface area (Å²) in [5, 5.41) is 4.62. The summed E-state index contributed by atoms with van der Waals surface area (Å²) in [7, 11) is 1.53. The summed E-state index contributed by atoms with van der Waals surface area (Å²) in [6.07, 6.45) is 2.81. The Kier molecular flexibility index (Phi) is 6.32. The summed E-state index contributed by atoms with van der Waals surface area (Å²) in [4.78, 5) is 24.6. The van der Waals surface area contributed by atoms with Crippen molar-refractivity contribution in [3.8, 4) is 17.2 Å². The summed E-state index contributed by atoms with van der Waals surface area (Å²) in [5.41, 5.74) is 0.690. The van der Waals surface area contributed by atoms with Gasteiger partial charge in [0, 0.05) is 11.0 Å². The molecule has 2 aromatic rings. The van der Waals surface area contributed by atoms with Crippen LogP contribution in [-0.4, -0.2) is 38.8 Å². The van der Waals surface area contributed by atoms with E-state index in [4.69, 9.17) is 18.9 Å². The molecule has 0 unspecified atom stereocenters. The molecule has 0 radical (unpaired) electrons. The largest absolute Gasteiger partial charge is 0.493 e. The number of carbonyl (C=O) groups excluding carboxylic acids is 2. The number of nitrogens with one attached hydrogen (secondary N) is 1. The van der Waals surface area contributed by atoms with Crippen LogP contribution in [0.4, 0.5) is 0 Å². The van der Waals surface area contributed by atoms with Gasteiger partial charge in [-0.1, -0.05) is 6.07 Å². The molecule has 2 heterocycles. The summed E-state index contributed by atoms with van der Waals surface area (Å²) in [6.45, 7) is 0.991. The van der Waals surface area contributed by atoms with Crippen molar-refractivity contribution in [1.82, 2.24) is 5.32 Å². The maximum Gasteiger partial charge on any atom is 0.331 e. The van der Waals surface area contributed by atoms with Crippen molar-refractivity contribution in [2.75, 3.05) is 26.9 Å². The van der Waals surface area contributed by atoms with Gasteiger partial charge in [-0.2, -0.15) is 0 Å². The second-order valence-corrected chi connectivity index (χ2v) is 6.58. The number of esters is 1. The monoisotopic (exact) mass is 389 g/mol. The van der Waals surface area contributed by atoms with E-state index >= 15 is 0 Å². The molecule has 1 amide bonds. The van der Waals surface area contributed by atoms with E-state index in [-0.39, 0.29) is 12.5 Å². The van der Waals surface area contributed by atoms with Crippen LogP contribution >= 0.6 is 11.3 Å². The number of amides is 1. The van der Waals surface area contributed by atoms with E-state index in [0.29, 0.717) is 42.6 Å². The van der Waals surface area contributed by atoms with E-state index in [9.17, 15) is 9.59 Å². The second kappa shape index (κ2) is 9.09. The predicted molar refractivity (Wildman–Crippen MR) is 100 cm³/mol.